The Kier molecular flexibility index (Phi) is 4.40. The average Bonchev–Trinajstić information content (AvgIpc) is 2.92. The van der Waals surface area contributed by atoms with E-state index >= 15 is 0 Å². The van der Waals surface area contributed by atoms with Gasteiger partial charge in [0.25, 0.3) is 0 Å². The van der Waals surface area contributed by atoms with Gasteiger partial charge in [0.1, 0.15) is 6.04 Å². The van der Waals surface area contributed by atoms with Crippen LogP contribution < -0.4 is 11.1 Å². The molecule has 7 nitrogen and oxygen atoms in total. The van der Waals surface area contributed by atoms with E-state index in [2.05, 4.69) is 5.32 Å². The molecule has 0 saturated carbocycles. The van der Waals surface area contributed by atoms with Crippen molar-refractivity contribution in [2.75, 3.05) is 19.0 Å². The van der Waals surface area contributed by atoms with Crippen molar-refractivity contribution < 1.29 is 14.3 Å². The maximum absolute atomic E-state index is 12.2. The summed E-state index contributed by atoms with van der Waals surface area (Å²) in [6, 6.07) is 7.36. The molecule has 3 N–H and O–H groups in total. The first-order valence-corrected chi connectivity index (χ1v) is 6.45. The van der Waals surface area contributed by atoms with E-state index < -0.39 is 18.0 Å². The van der Waals surface area contributed by atoms with E-state index in [4.69, 9.17) is 15.7 Å². The van der Waals surface area contributed by atoms with Gasteiger partial charge >= 0.3 is 6.03 Å². The largest absolute Gasteiger partial charge is 0.380 e. The standard InChI is InChI=1S/C14H16N4O3/c1-21-11-6-12(13(16)19)18(8-11)14(20)17-10-4-2-9(7-15)3-5-10/h2-5,11-12H,6,8H2,1H3,(H2,16,19)(H,17,20). The van der Waals surface area contributed by atoms with Crippen LogP contribution in [0.3, 0.4) is 0 Å². The van der Waals surface area contributed by atoms with Gasteiger partial charge in [0.2, 0.25) is 5.91 Å². The molecule has 1 aliphatic heterocycles. The average molecular weight is 288 g/mol. The van der Waals surface area contributed by atoms with Gasteiger partial charge in [0, 0.05) is 25.8 Å². The third-order valence-electron chi connectivity index (χ3n) is 3.45. The monoisotopic (exact) mass is 288 g/mol. The zero-order chi connectivity index (χ0) is 15.4. The second-order valence-corrected chi connectivity index (χ2v) is 4.78. The van der Waals surface area contributed by atoms with Crippen LogP contribution in [0, 0.1) is 11.3 Å². The van der Waals surface area contributed by atoms with Crippen LogP contribution in [0.1, 0.15) is 12.0 Å². The molecular weight excluding hydrogens is 272 g/mol. The van der Waals surface area contributed by atoms with Crippen molar-refractivity contribution in [3.05, 3.63) is 29.8 Å². The molecule has 1 aromatic rings. The van der Waals surface area contributed by atoms with Gasteiger partial charge in [-0.05, 0) is 24.3 Å². The Bertz CT molecular complexity index is 579. The molecule has 2 rings (SSSR count). The lowest BCUT2D eigenvalue weighted by Gasteiger charge is -2.22. The Balaban J connectivity index is 2.07. The Morgan fingerprint density at radius 2 is 2.10 bits per heavy atom. The molecule has 0 aromatic heterocycles. The van der Waals surface area contributed by atoms with E-state index in [9.17, 15) is 9.59 Å². The van der Waals surface area contributed by atoms with E-state index in [0.29, 0.717) is 24.2 Å². The zero-order valence-corrected chi connectivity index (χ0v) is 11.6. The predicted octanol–water partition coefficient (Wildman–Crippen LogP) is 0.665. The molecule has 2 atom stereocenters. The molecule has 0 bridgehead atoms. The third kappa shape index (κ3) is 3.30. The lowest BCUT2D eigenvalue weighted by molar-refractivity contribution is -0.121. The number of nitrogens with one attached hydrogen (secondary N) is 1. The molecule has 110 valence electrons. The van der Waals surface area contributed by atoms with Crippen molar-refractivity contribution in [3.63, 3.8) is 0 Å². The van der Waals surface area contributed by atoms with Crippen molar-refractivity contribution in [1.29, 1.82) is 5.26 Å². The van der Waals surface area contributed by atoms with Crippen LogP contribution in [-0.4, -0.2) is 42.6 Å². The molecule has 3 amide bonds. The van der Waals surface area contributed by atoms with Crippen molar-refractivity contribution >= 4 is 17.6 Å². The number of carbonyl (C=O) groups excluding carboxylic acids is 2. The summed E-state index contributed by atoms with van der Waals surface area (Å²) in [4.78, 5) is 25.0. The molecule has 1 aromatic carbocycles. The fourth-order valence-electron chi connectivity index (χ4n) is 2.29. The highest BCUT2D eigenvalue weighted by Crippen LogP contribution is 2.21. The molecule has 0 aliphatic carbocycles. The van der Waals surface area contributed by atoms with Crippen molar-refractivity contribution in [3.8, 4) is 6.07 Å². The van der Waals surface area contributed by atoms with Gasteiger partial charge in [-0.2, -0.15) is 5.26 Å². The number of nitrogens with zero attached hydrogens (tertiary/aromatic N) is 2. The summed E-state index contributed by atoms with van der Waals surface area (Å²) in [6.45, 7) is 0.312. The highest BCUT2D eigenvalue weighted by molar-refractivity contribution is 5.94. The number of hydrogen-bond donors (Lipinski definition) is 2. The number of nitriles is 1. The second-order valence-electron chi connectivity index (χ2n) is 4.78. The number of benzene rings is 1. The number of ether oxygens (including phenoxy) is 1. The summed E-state index contributed by atoms with van der Waals surface area (Å²) in [5.74, 6) is -0.551. The summed E-state index contributed by atoms with van der Waals surface area (Å²) in [5, 5.41) is 11.4. The summed E-state index contributed by atoms with van der Waals surface area (Å²) >= 11 is 0. The Hall–Kier alpha value is -2.59. The maximum atomic E-state index is 12.2. The first kappa shape index (κ1) is 14.8. The van der Waals surface area contributed by atoms with Gasteiger partial charge in [-0.15, -0.1) is 0 Å². The molecule has 1 aliphatic rings. The van der Waals surface area contributed by atoms with Gasteiger partial charge in [-0.25, -0.2) is 4.79 Å². The van der Waals surface area contributed by atoms with Crippen LogP contribution >= 0.6 is 0 Å². The van der Waals surface area contributed by atoms with Crippen molar-refractivity contribution in [2.45, 2.75) is 18.6 Å². The number of anilines is 1. The topological polar surface area (TPSA) is 108 Å². The molecule has 0 spiro atoms. The molecule has 7 heteroatoms. The Morgan fingerprint density at radius 1 is 1.43 bits per heavy atom. The number of urea groups is 1. The van der Waals surface area contributed by atoms with Crippen LogP contribution in [-0.2, 0) is 9.53 Å². The quantitative estimate of drug-likeness (QED) is 0.851. The number of amides is 3. The van der Waals surface area contributed by atoms with E-state index in [1.54, 1.807) is 24.3 Å². The number of methoxy groups -OCH3 is 1. The maximum Gasteiger partial charge on any atom is 0.322 e. The van der Waals surface area contributed by atoms with Gasteiger partial charge in [-0.3, -0.25) is 4.79 Å². The molecule has 1 saturated heterocycles. The number of carbonyl (C=O) groups is 2. The molecule has 2 unspecified atom stereocenters. The molecule has 1 heterocycles. The lowest BCUT2D eigenvalue weighted by atomic mass is 10.2. The van der Waals surface area contributed by atoms with Gasteiger partial charge in [0.05, 0.1) is 17.7 Å². The lowest BCUT2D eigenvalue weighted by Crippen LogP contribution is -2.45. The van der Waals surface area contributed by atoms with Crippen LogP contribution in [0.2, 0.25) is 0 Å². The predicted molar refractivity (Wildman–Crippen MR) is 75.3 cm³/mol. The molecular formula is C14H16N4O3. The van der Waals surface area contributed by atoms with Crippen LogP contribution in [0.4, 0.5) is 10.5 Å². The number of primary amides is 1. The van der Waals surface area contributed by atoms with Crippen molar-refractivity contribution in [1.82, 2.24) is 4.90 Å². The first-order chi connectivity index (χ1) is 10.0. The van der Waals surface area contributed by atoms with E-state index in [-0.39, 0.29) is 6.10 Å². The normalized spacial score (nSPS) is 20.9. The van der Waals surface area contributed by atoms with Gasteiger partial charge < -0.3 is 20.7 Å². The SMILES string of the molecule is COC1CC(C(N)=O)N(C(=O)Nc2ccc(C#N)cc2)C1. The van der Waals surface area contributed by atoms with Crippen LogP contribution in [0.15, 0.2) is 24.3 Å². The number of hydrogen-bond acceptors (Lipinski definition) is 4. The fourth-order valence-corrected chi connectivity index (χ4v) is 2.29. The Morgan fingerprint density at radius 3 is 2.62 bits per heavy atom. The molecule has 1 fully saturated rings. The van der Waals surface area contributed by atoms with Crippen molar-refractivity contribution in [2.24, 2.45) is 5.73 Å². The van der Waals surface area contributed by atoms with Gasteiger partial charge in [-0.1, -0.05) is 0 Å². The highest BCUT2D eigenvalue weighted by atomic mass is 16.5. The minimum absolute atomic E-state index is 0.200. The highest BCUT2D eigenvalue weighted by Gasteiger charge is 2.38. The minimum atomic E-state index is -0.673. The van der Waals surface area contributed by atoms with E-state index in [1.165, 1.54) is 12.0 Å². The molecule has 0 radical (unpaired) electrons. The zero-order valence-electron chi connectivity index (χ0n) is 11.6. The summed E-state index contributed by atoms with van der Waals surface area (Å²) in [7, 11) is 1.53. The number of likely N-dealkylation sites (tertiary alicyclic amines) is 1. The fraction of sp³-hybridized carbons (Fsp3) is 0.357. The minimum Gasteiger partial charge on any atom is -0.380 e. The van der Waals surface area contributed by atoms with Gasteiger partial charge in [0.15, 0.2) is 0 Å². The molecule has 21 heavy (non-hydrogen) atoms. The summed E-state index contributed by atoms with van der Waals surface area (Å²) in [6.07, 6.45) is 0.196. The Labute approximate surface area is 122 Å². The smallest absolute Gasteiger partial charge is 0.322 e. The number of rotatable bonds is 3. The van der Waals surface area contributed by atoms with Crippen LogP contribution in [0.25, 0.3) is 0 Å². The third-order valence-corrected chi connectivity index (χ3v) is 3.45. The summed E-state index contributed by atoms with van der Waals surface area (Å²) < 4.78 is 5.19. The summed E-state index contributed by atoms with van der Waals surface area (Å²) in [5.41, 5.74) is 6.37. The first-order valence-electron chi connectivity index (χ1n) is 6.45. The van der Waals surface area contributed by atoms with E-state index in [0.717, 1.165) is 0 Å². The van der Waals surface area contributed by atoms with Crippen LogP contribution in [0.5, 0.6) is 0 Å². The number of nitrogens with two attached hydrogens (primary N) is 1. The van der Waals surface area contributed by atoms with E-state index in [1.807, 2.05) is 6.07 Å². The second kappa shape index (κ2) is 6.24.